The van der Waals surface area contributed by atoms with Gasteiger partial charge in [-0.3, -0.25) is 0 Å². The van der Waals surface area contributed by atoms with Gasteiger partial charge in [0.25, 0.3) is 0 Å². The first-order chi connectivity index (χ1) is 6.70. The molecule has 1 heteroatoms. The molecule has 0 aliphatic heterocycles. The molecule has 0 amide bonds. The summed E-state index contributed by atoms with van der Waals surface area (Å²) in [5.41, 5.74) is 0. The Bertz CT molecular complexity index is 267. The van der Waals surface area contributed by atoms with Crippen LogP contribution in [-0.2, 0) is 0 Å². The van der Waals surface area contributed by atoms with Crippen LogP contribution in [0.1, 0.15) is 20.3 Å². The topological polar surface area (TPSA) is 0 Å². The number of hydrogen-bond donors (Lipinski definition) is 0. The van der Waals surface area contributed by atoms with Crippen molar-refractivity contribution >= 4 is 11.8 Å². The number of rotatable bonds is 6. The molecule has 0 heterocycles. The standard InChI is InChI=1S/C13H18S/c1-5-7-9-11-13(4)14-12(3)10-8-6-2/h6-11H,2-3,5H2,1,4H3/b9-7-,10-8-,13-11+. The predicted octanol–water partition coefficient (Wildman–Crippen LogP) is 4.85. The monoisotopic (exact) mass is 206 g/mol. The maximum atomic E-state index is 3.92. The third-order valence-corrected chi connectivity index (χ3v) is 2.27. The SMILES string of the molecule is C=C/C=C\C(=C)S/C(C)=C/C=C\CC. The Labute approximate surface area is 91.8 Å². The van der Waals surface area contributed by atoms with Crippen LogP contribution < -0.4 is 0 Å². The van der Waals surface area contributed by atoms with Crippen molar-refractivity contribution in [3.8, 4) is 0 Å². The van der Waals surface area contributed by atoms with Gasteiger partial charge in [-0.05, 0) is 24.3 Å². The second-order valence-corrected chi connectivity index (χ2v) is 4.15. The van der Waals surface area contributed by atoms with E-state index in [0.717, 1.165) is 11.3 Å². The molecule has 0 saturated carbocycles. The Morgan fingerprint density at radius 2 is 2.07 bits per heavy atom. The first-order valence-corrected chi connectivity index (χ1v) is 5.51. The summed E-state index contributed by atoms with van der Waals surface area (Å²) < 4.78 is 0. The van der Waals surface area contributed by atoms with Crippen LogP contribution in [0.3, 0.4) is 0 Å². The van der Waals surface area contributed by atoms with Crippen molar-refractivity contribution in [2.24, 2.45) is 0 Å². The molecule has 14 heavy (non-hydrogen) atoms. The van der Waals surface area contributed by atoms with E-state index in [0.29, 0.717) is 0 Å². The fraction of sp³-hybridized carbons (Fsp3) is 0.231. The summed E-state index contributed by atoms with van der Waals surface area (Å²) in [5, 5.41) is 0. The zero-order valence-electron chi connectivity index (χ0n) is 8.99. The van der Waals surface area contributed by atoms with E-state index in [1.54, 1.807) is 17.8 Å². The van der Waals surface area contributed by atoms with Crippen LogP contribution in [0.5, 0.6) is 0 Å². The first-order valence-electron chi connectivity index (χ1n) is 4.70. The van der Waals surface area contributed by atoms with Gasteiger partial charge in [0.2, 0.25) is 0 Å². The van der Waals surface area contributed by atoms with Crippen LogP contribution in [0.2, 0.25) is 0 Å². The van der Waals surface area contributed by atoms with Crippen LogP contribution >= 0.6 is 11.8 Å². The molecule has 0 aliphatic carbocycles. The maximum absolute atomic E-state index is 3.92. The van der Waals surface area contributed by atoms with Crippen LogP contribution in [0.25, 0.3) is 0 Å². The summed E-state index contributed by atoms with van der Waals surface area (Å²) >= 11 is 1.67. The van der Waals surface area contributed by atoms with Crippen LogP contribution in [0, 0.1) is 0 Å². The van der Waals surface area contributed by atoms with Crippen LogP contribution in [0.4, 0.5) is 0 Å². The second kappa shape index (κ2) is 8.64. The molecule has 0 atom stereocenters. The smallest absolute Gasteiger partial charge is 0.00466 e. The summed E-state index contributed by atoms with van der Waals surface area (Å²) in [6, 6.07) is 0. The fourth-order valence-corrected chi connectivity index (χ4v) is 1.50. The minimum atomic E-state index is 1.03. The summed E-state index contributed by atoms with van der Waals surface area (Å²) in [6.45, 7) is 11.7. The predicted molar refractivity (Wildman–Crippen MR) is 69.3 cm³/mol. The Balaban J connectivity index is 4.04. The Morgan fingerprint density at radius 1 is 1.36 bits per heavy atom. The van der Waals surface area contributed by atoms with Gasteiger partial charge in [0.05, 0.1) is 0 Å². The summed E-state index contributed by atoms with van der Waals surface area (Å²) in [4.78, 5) is 2.27. The Kier molecular flexibility index (Phi) is 8.05. The molecule has 0 aromatic heterocycles. The van der Waals surface area contributed by atoms with E-state index < -0.39 is 0 Å². The van der Waals surface area contributed by atoms with Crippen molar-refractivity contribution in [2.75, 3.05) is 0 Å². The highest BCUT2D eigenvalue weighted by molar-refractivity contribution is 8.06. The lowest BCUT2D eigenvalue weighted by Crippen LogP contribution is -1.69. The minimum absolute atomic E-state index is 1.03. The lowest BCUT2D eigenvalue weighted by Gasteiger charge is -1.98. The van der Waals surface area contributed by atoms with Gasteiger partial charge in [-0.25, -0.2) is 0 Å². The van der Waals surface area contributed by atoms with Crippen LogP contribution in [0.15, 0.2) is 59.4 Å². The van der Waals surface area contributed by atoms with Gasteiger partial charge >= 0.3 is 0 Å². The number of hydrogen-bond acceptors (Lipinski definition) is 1. The number of allylic oxidation sites excluding steroid dienone is 7. The highest BCUT2D eigenvalue weighted by Crippen LogP contribution is 2.24. The lowest BCUT2D eigenvalue weighted by molar-refractivity contribution is 1.22. The molecule has 0 aromatic rings. The van der Waals surface area contributed by atoms with Crippen molar-refractivity contribution in [1.29, 1.82) is 0 Å². The third-order valence-electron chi connectivity index (χ3n) is 1.41. The van der Waals surface area contributed by atoms with Gasteiger partial charge in [-0.15, -0.1) is 0 Å². The molecule has 0 radical (unpaired) electrons. The second-order valence-electron chi connectivity index (χ2n) is 2.78. The fourth-order valence-electron chi connectivity index (χ4n) is 0.790. The molecule has 0 bridgehead atoms. The van der Waals surface area contributed by atoms with E-state index in [2.05, 4.69) is 45.2 Å². The van der Waals surface area contributed by atoms with E-state index >= 15 is 0 Å². The molecule has 0 rings (SSSR count). The highest BCUT2D eigenvalue weighted by atomic mass is 32.2. The van der Waals surface area contributed by atoms with Gasteiger partial charge < -0.3 is 0 Å². The molecule has 0 spiro atoms. The molecule has 0 aromatic carbocycles. The largest absolute Gasteiger partial charge is 0.0991 e. The molecule has 0 unspecified atom stereocenters. The van der Waals surface area contributed by atoms with E-state index in [1.165, 1.54) is 4.91 Å². The third kappa shape index (κ3) is 7.69. The maximum Gasteiger partial charge on any atom is 0.00466 e. The zero-order valence-corrected chi connectivity index (χ0v) is 9.81. The summed E-state index contributed by atoms with van der Waals surface area (Å²) in [7, 11) is 0. The van der Waals surface area contributed by atoms with Gasteiger partial charge in [-0.1, -0.05) is 62.2 Å². The molecule has 76 valence electrons. The van der Waals surface area contributed by atoms with Gasteiger partial charge in [0.15, 0.2) is 0 Å². The summed E-state index contributed by atoms with van der Waals surface area (Å²) in [6.07, 6.45) is 13.0. The van der Waals surface area contributed by atoms with Gasteiger partial charge in [0, 0.05) is 4.91 Å². The van der Waals surface area contributed by atoms with E-state index in [1.807, 2.05) is 12.2 Å². The molecule has 0 nitrogen and oxygen atoms in total. The van der Waals surface area contributed by atoms with E-state index in [9.17, 15) is 0 Å². The average molecular weight is 206 g/mol. The van der Waals surface area contributed by atoms with Crippen molar-refractivity contribution < 1.29 is 0 Å². The molecule has 0 fully saturated rings. The van der Waals surface area contributed by atoms with Crippen LogP contribution in [-0.4, -0.2) is 0 Å². The normalized spacial score (nSPS) is 12.6. The molecule has 0 aliphatic rings. The highest BCUT2D eigenvalue weighted by Gasteiger charge is 1.90. The van der Waals surface area contributed by atoms with Crippen molar-refractivity contribution in [1.82, 2.24) is 0 Å². The first kappa shape index (κ1) is 13.1. The molecule has 0 saturated heterocycles. The molecule has 0 N–H and O–H groups in total. The van der Waals surface area contributed by atoms with Crippen molar-refractivity contribution in [3.05, 3.63) is 59.4 Å². The van der Waals surface area contributed by atoms with Crippen molar-refractivity contribution in [2.45, 2.75) is 20.3 Å². The lowest BCUT2D eigenvalue weighted by atomic mass is 10.4. The van der Waals surface area contributed by atoms with Gasteiger partial charge in [0.1, 0.15) is 0 Å². The van der Waals surface area contributed by atoms with Crippen molar-refractivity contribution in [3.63, 3.8) is 0 Å². The average Bonchev–Trinajstić information content (AvgIpc) is 2.15. The molecular weight excluding hydrogens is 188 g/mol. The quantitative estimate of drug-likeness (QED) is 0.560. The van der Waals surface area contributed by atoms with Gasteiger partial charge in [-0.2, -0.15) is 0 Å². The van der Waals surface area contributed by atoms with E-state index in [-0.39, 0.29) is 0 Å². The van der Waals surface area contributed by atoms with E-state index in [4.69, 9.17) is 0 Å². The minimum Gasteiger partial charge on any atom is -0.0991 e. The zero-order chi connectivity index (χ0) is 10.8. The molecular formula is C13H18S. The Morgan fingerprint density at radius 3 is 2.64 bits per heavy atom. The summed E-state index contributed by atoms with van der Waals surface area (Å²) in [5.74, 6) is 0. The Hall–Kier alpha value is -0.950. The number of thioether (sulfide) groups is 1.